The van der Waals surface area contributed by atoms with Gasteiger partial charge in [0.1, 0.15) is 0 Å². The third kappa shape index (κ3) is 4.13. The van der Waals surface area contributed by atoms with E-state index in [0.29, 0.717) is 17.1 Å². The number of rotatable bonds is 5. The normalized spacial score (nSPS) is 26.8. The Morgan fingerprint density at radius 3 is 2.50 bits per heavy atom. The molecule has 1 aromatic carbocycles. The van der Waals surface area contributed by atoms with Gasteiger partial charge >= 0.3 is 0 Å². The molecule has 2 aliphatic rings. The van der Waals surface area contributed by atoms with Crippen LogP contribution in [0.3, 0.4) is 0 Å². The third-order valence-electron chi connectivity index (χ3n) is 5.23. The van der Waals surface area contributed by atoms with Gasteiger partial charge in [0.05, 0.1) is 26.4 Å². The van der Waals surface area contributed by atoms with Gasteiger partial charge in [0, 0.05) is 37.8 Å². The van der Waals surface area contributed by atoms with E-state index in [2.05, 4.69) is 18.7 Å². The maximum Gasteiger partial charge on any atom is 0.254 e. The minimum atomic E-state index is 0.0720. The Bertz CT molecular complexity index is 626. The standard InChI is InChI=1S/C20H30N2O4/c1-14-11-21(12-15(2)26-14)13-17-6-5-9-22(17)20(23)16-7-8-18(24-3)19(10-16)25-4/h7-8,10,14-15,17H,5-6,9,11-13H2,1-4H3/t14-,15+,17-/m1/s1. The first-order valence-corrected chi connectivity index (χ1v) is 9.42. The van der Waals surface area contributed by atoms with Crippen molar-refractivity contribution in [2.75, 3.05) is 40.4 Å². The van der Waals surface area contributed by atoms with E-state index >= 15 is 0 Å². The Hall–Kier alpha value is -1.79. The Labute approximate surface area is 156 Å². The van der Waals surface area contributed by atoms with Crippen LogP contribution < -0.4 is 9.47 Å². The maximum absolute atomic E-state index is 13.1. The lowest BCUT2D eigenvalue weighted by molar-refractivity contribution is -0.0715. The lowest BCUT2D eigenvalue weighted by atomic mass is 10.1. The molecule has 3 rings (SSSR count). The number of morpholine rings is 1. The van der Waals surface area contributed by atoms with Crippen LogP contribution in [0.2, 0.25) is 0 Å². The summed E-state index contributed by atoms with van der Waals surface area (Å²) >= 11 is 0. The molecule has 0 radical (unpaired) electrons. The number of likely N-dealkylation sites (tertiary alicyclic amines) is 1. The van der Waals surface area contributed by atoms with E-state index < -0.39 is 0 Å². The summed E-state index contributed by atoms with van der Waals surface area (Å²) < 4.78 is 16.4. The lowest BCUT2D eigenvalue weighted by Crippen LogP contribution is -2.50. The van der Waals surface area contributed by atoms with Crippen LogP contribution in [0.4, 0.5) is 0 Å². The van der Waals surface area contributed by atoms with E-state index in [1.807, 2.05) is 11.0 Å². The minimum absolute atomic E-state index is 0.0720. The molecule has 0 unspecified atom stereocenters. The van der Waals surface area contributed by atoms with Crippen LogP contribution in [0.1, 0.15) is 37.0 Å². The molecular formula is C20H30N2O4. The smallest absolute Gasteiger partial charge is 0.254 e. The molecule has 2 fully saturated rings. The molecule has 26 heavy (non-hydrogen) atoms. The van der Waals surface area contributed by atoms with E-state index in [1.54, 1.807) is 26.4 Å². The van der Waals surface area contributed by atoms with Gasteiger partial charge in [0.15, 0.2) is 11.5 Å². The SMILES string of the molecule is COc1ccc(C(=O)N2CCC[C@@H]2CN2C[C@@H](C)O[C@@H](C)C2)cc1OC. The fourth-order valence-corrected chi connectivity index (χ4v) is 4.16. The number of carbonyl (C=O) groups is 1. The molecule has 0 spiro atoms. The van der Waals surface area contributed by atoms with Crippen LogP contribution in [0.25, 0.3) is 0 Å². The van der Waals surface area contributed by atoms with Crippen LogP contribution >= 0.6 is 0 Å². The zero-order valence-corrected chi connectivity index (χ0v) is 16.2. The van der Waals surface area contributed by atoms with Crippen molar-refractivity contribution in [3.63, 3.8) is 0 Å². The van der Waals surface area contributed by atoms with Crippen molar-refractivity contribution < 1.29 is 19.0 Å². The summed E-state index contributed by atoms with van der Waals surface area (Å²) in [4.78, 5) is 17.5. The summed E-state index contributed by atoms with van der Waals surface area (Å²) in [5.41, 5.74) is 0.651. The molecule has 1 aromatic rings. The monoisotopic (exact) mass is 362 g/mol. The molecule has 3 atom stereocenters. The second-order valence-electron chi connectivity index (χ2n) is 7.34. The van der Waals surface area contributed by atoms with Gasteiger partial charge in [-0.3, -0.25) is 9.69 Å². The van der Waals surface area contributed by atoms with Gasteiger partial charge in [0.2, 0.25) is 0 Å². The second kappa shape index (κ2) is 8.27. The molecule has 2 aliphatic heterocycles. The highest BCUT2D eigenvalue weighted by molar-refractivity contribution is 5.95. The van der Waals surface area contributed by atoms with Gasteiger partial charge in [-0.05, 0) is 44.9 Å². The van der Waals surface area contributed by atoms with Crippen LogP contribution in [0.15, 0.2) is 18.2 Å². The number of amides is 1. The zero-order valence-electron chi connectivity index (χ0n) is 16.2. The molecule has 6 nitrogen and oxygen atoms in total. The summed E-state index contributed by atoms with van der Waals surface area (Å²) in [6.07, 6.45) is 2.60. The van der Waals surface area contributed by atoms with Crippen molar-refractivity contribution in [2.24, 2.45) is 0 Å². The second-order valence-corrected chi connectivity index (χ2v) is 7.34. The van der Waals surface area contributed by atoms with E-state index in [9.17, 15) is 4.79 Å². The highest BCUT2D eigenvalue weighted by Crippen LogP contribution is 2.29. The molecule has 0 N–H and O–H groups in total. The van der Waals surface area contributed by atoms with E-state index in [1.165, 1.54) is 0 Å². The van der Waals surface area contributed by atoms with Crippen molar-refractivity contribution in [1.29, 1.82) is 0 Å². The van der Waals surface area contributed by atoms with Crippen LogP contribution in [-0.2, 0) is 4.74 Å². The molecule has 2 saturated heterocycles. The first-order valence-electron chi connectivity index (χ1n) is 9.42. The predicted octanol–water partition coefficient (Wildman–Crippen LogP) is 2.42. The molecule has 2 heterocycles. The molecule has 6 heteroatoms. The van der Waals surface area contributed by atoms with Gasteiger partial charge in [-0.25, -0.2) is 0 Å². The quantitative estimate of drug-likeness (QED) is 0.805. The average Bonchev–Trinajstić information content (AvgIpc) is 3.07. The highest BCUT2D eigenvalue weighted by Gasteiger charge is 2.33. The number of carbonyl (C=O) groups excluding carboxylic acids is 1. The first kappa shape index (κ1) is 19.0. The third-order valence-corrected chi connectivity index (χ3v) is 5.23. The maximum atomic E-state index is 13.1. The molecule has 1 amide bonds. The summed E-state index contributed by atoms with van der Waals surface area (Å²) in [6, 6.07) is 5.64. The average molecular weight is 362 g/mol. The van der Waals surface area contributed by atoms with Gasteiger partial charge < -0.3 is 19.1 Å². The number of methoxy groups -OCH3 is 2. The fraction of sp³-hybridized carbons (Fsp3) is 0.650. The molecule has 0 aromatic heterocycles. The fourth-order valence-electron chi connectivity index (χ4n) is 4.16. The van der Waals surface area contributed by atoms with Crippen molar-refractivity contribution in [3.8, 4) is 11.5 Å². The molecule has 0 aliphatic carbocycles. The molecule has 0 saturated carbocycles. The van der Waals surface area contributed by atoms with Gasteiger partial charge in [-0.2, -0.15) is 0 Å². The van der Waals surface area contributed by atoms with Crippen molar-refractivity contribution in [2.45, 2.75) is 44.9 Å². The Morgan fingerprint density at radius 2 is 1.85 bits per heavy atom. The van der Waals surface area contributed by atoms with Crippen molar-refractivity contribution >= 4 is 5.91 Å². The Morgan fingerprint density at radius 1 is 1.15 bits per heavy atom. The first-order chi connectivity index (χ1) is 12.5. The number of nitrogens with zero attached hydrogens (tertiary/aromatic N) is 2. The summed E-state index contributed by atoms with van der Waals surface area (Å²) in [5, 5.41) is 0. The highest BCUT2D eigenvalue weighted by atomic mass is 16.5. The minimum Gasteiger partial charge on any atom is -0.493 e. The number of benzene rings is 1. The van der Waals surface area contributed by atoms with Crippen LogP contribution in [-0.4, -0.2) is 74.4 Å². The van der Waals surface area contributed by atoms with Crippen molar-refractivity contribution in [3.05, 3.63) is 23.8 Å². The lowest BCUT2D eigenvalue weighted by Gasteiger charge is -2.38. The molecule has 0 bridgehead atoms. The van der Waals surface area contributed by atoms with Crippen LogP contribution in [0, 0.1) is 0 Å². The van der Waals surface area contributed by atoms with Gasteiger partial charge in [-0.15, -0.1) is 0 Å². The van der Waals surface area contributed by atoms with E-state index in [0.717, 1.165) is 39.0 Å². The number of hydrogen-bond donors (Lipinski definition) is 0. The molecule has 144 valence electrons. The summed E-state index contributed by atoms with van der Waals surface area (Å²) in [7, 11) is 3.19. The van der Waals surface area contributed by atoms with E-state index in [4.69, 9.17) is 14.2 Å². The number of ether oxygens (including phenoxy) is 3. The molecular weight excluding hydrogens is 332 g/mol. The summed E-state index contributed by atoms with van der Waals surface area (Å²) in [5.74, 6) is 1.30. The topological polar surface area (TPSA) is 51.2 Å². The largest absolute Gasteiger partial charge is 0.493 e. The van der Waals surface area contributed by atoms with Gasteiger partial charge in [0.25, 0.3) is 5.91 Å². The summed E-state index contributed by atoms with van der Waals surface area (Å²) in [6.45, 7) is 7.82. The van der Waals surface area contributed by atoms with Crippen LogP contribution in [0.5, 0.6) is 11.5 Å². The number of hydrogen-bond acceptors (Lipinski definition) is 5. The Balaban J connectivity index is 1.70. The van der Waals surface area contributed by atoms with Crippen molar-refractivity contribution in [1.82, 2.24) is 9.80 Å². The predicted molar refractivity (Wildman–Crippen MR) is 100 cm³/mol. The zero-order chi connectivity index (χ0) is 18.7. The van der Waals surface area contributed by atoms with Gasteiger partial charge in [-0.1, -0.05) is 0 Å². The van der Waals surface area contributed by atoms with E-state index in [-0.39, 0.29) is 24.2 Å². The Kier molecular flexibility index (Phi) is 6.04.